The van der Waals surface area contributed by atoms with E-state index in [4.69, 9.17) is 0 Å². The zero-order valence-electron chi connectivity index (χ0n) is 10.1. The number of piperidine rings is 1. The fourth-order valence-corrected chi connectivity index (χ4v) is 3.81. The van der Waals surface area contributed by atoms with E-state index in [9.17, 15) is 22.0 Å². The molecule has 1 fully saturated rings. The molecule has 0 aromatic heterocycles. The molecule has 19 heavy (non-hydrogen) atoms. The number of aldehydes is 1. The van der Waals surface area contributed by atoms with Crippen LogP contribution in [-0.2, 0) is 14.8 Å². The van der Waals surface area contributed by atoms with Gasteiger partial charge in [-0.15, -0.1) is 0 Å². The molecule has 2 rings (SSSR count). The molecule has 1 aliphatic heterocycles. The molecule has 0 aliphatic carbocycles. The molecule has 104 valence electrons. The van der Waals surface area contributed by atoms with Crippen molar-refractivity contribution in [2.75, 3.05) is 13.1 Å². The van der Waals surface area contributed by atoms with Gasteiger partial charge in [0.25, 0.3) is 0 Å². The van der Waals surface area contributed by atoms with Crippen LogP contribution in [-0.4, -0.2) is 32.1 Å². The maximum absolute atomic E-state index is 13.6. The van der Waals surface area contributed by atoms with E-state index in [0.29, 0.717) is 19.1 Å². The van der Waals surface area contributed by atoms with Crippen LogP contribution < -0.4 is 0 Å². The summed E-state index contributed by atoms with van der Waals surface area (Å²) in [7, 11) is -4.24. The van der Waals surface area contributed by atoms with Crippen molar-refractivity contribution in [1.29, 1.82) is 0 Å². The van der Waals surface area contributed by atoms with Crippen LogP contribution in [0.5, 0.6) is 0 Å². The fraction of sp³-hybridized carbons (Fsp3) is 0.417. The molecule has 0 N–H and O–H groups in total. The number of carbonyl (C=O) groups excluding carboxylic acids is 1. The zero-order valence-corrected chi connectivity index (χ0v) is 10.9. The van der Waals surface area contributed by atoms with E-state index < -0.39 is 32.5 Å². The van der Waals surface area contributed by atoms with Gasteiger partial charge >= 0.3 is 0 Å². The Morgan fingerprint density at radius 1 is 1.26 bits per heavy atom. The SMILES string of the molecule is O=CC1CCCN(S(=O)(=O)c2c(F)cccc2F)C1. The van der Waals surface area contributed by atoms with Gasteiger partial charge in [0.1, 0.15) is 17.9 Å². The predicted octanol–water partition coefficient (Wildman–Crippen LogP) is 1.56. The first kappa shape index (κ1) is 14.1. The maximum Gasteiger partial charge on any atom is 0.248 e. The van der Waals surface area contributed by atoms with Crippen molar-refractivity contribution in [2.45, 2.75) is 17.7 Å². The molecule has 7 heteroatoms. The number of hydrogen-bond acceptors (Lipinski definition) is 3. The summed E-state index contributed by atoms with van der Waals surface area (Å²) in [6.45, 7) is 0.139. The van der Waals surface area contributed by atoms with Crippen molar-refractivity contribution < 1.29 is 22.0 Å². The molecule has 0 spiro atoms. The standard InChI is InChI=1S/C12H13F2NO3S/c13-10-4-1-5-11(14)12(10)19(17,18)15-6-2-3-9(7-15)8-16/h1,4-5,8-9H,2-3,6-7H2. The topological polar surface area (TPSA) is 54.5 Å². The number of benzene rings is 1. The Bertz CT molecular complexity index is 568. The molecule has 1 saturated heterocycles. The minimum Gasteiger partial charge on any atom is -0.303 e. The van der Waals surface area contributed by atoms with E-state index in [2.05, 4.69) is 0 Å². The molecule has 0 saturated carbocycles. The second-order valence-corrected chi connectivity index (χ2v) is 6.33. The van der Waals surface area contributed by atoms with Crippen LogP contribution in [0.25, 0.3) is 0 Å². The third-order valence-corrected chi connectivity index (χ3v) is 5.05. The van der Waals surface area contributed by atoms with Crippen molar-refractivity contribution in [2.24, 2.45) is 5.92 Å². The third-order valence-electron chi connectivity index (χ3n) is 3.13. The smallest absolute Gasteiger partial charge is 0.248 e. The van der Waals surface area contributed by atoms with Gasteiger partial charge in [-0.05, 0) is 25.0 Å². The van der Waals surface area contributed by atoms with Gasteiger partial charge in [-0.2, -0.15) is 4.31 Å². The summed E-state index contributed by atoms with van der Waals surface area (Å²) in [6.07, 6.45) is 1.77. The van der Waals surface area contributed by atoms with Gasteiger partial charge in [-0.1, -0.05) is 6.07 Å². The minimum absolute atomic E-state index is 0.0282. The van der Waals surface area contributed by atoms with E-state index in [1.165, 1.54) is 0 Å². The summed E-state index contributed by atoms with van der Waals surface area (Å²) >= 11 is 0. The largest absolute Gasteiger partial charge is 0.303 e. The molecule has 1 heterocycles. The van der Waals surface area contributed by atoms with Gasteiger partial charge in [0.05, 0.1) is 0 Å². The van der Waals surface area contributed by atoms with Gasteiger partial charge in [0, 0.05) is 19.0 Å². The highest BCUT2D eigenvalue weighted by Crippen LogP contribution is 2.26. The van der Waals surface area contributed by atoms with Crippen molar-refractivity contribution in [3.63, 3.8) is 0 Å². The lowest BCUT2D eigenvalue weighted by Crippen LogP contribution is -2.40. The van der Waals surface area contributed by atoms with Crippen LogP contribution in [0, 0.1) is 17.6 Å². The molecule has 0 radical (unpaired) electrons. The highest BCUT2D eigenvalue weighted by atomic mass is 32.2. The Morgan fingerprint density at radius 2 is 1.89 bits per heavy atom. The molecule has 1 aliphatic rings. The van der Waals surface area contributed by atoms with Gasteiger partial charge in [0.15, 0.2) is 4.90 Å². The average Bonchev–Trinajstić information content (AvgIpc) is 2.38. The minimum atomic E-state index is -4.24. The fourth-order valence-electron chi connectivity index (χ4n) is 2.16. The van der Waals surface area contributed by atoms with Crippen LogP contribution in [0.2, 0.25) is 0 Å². The molecule has 0 amide bonds. The Balaban J connectivity index is 2.40. The Hall–Kier alpha value is -1.34. The van der Waals surface area contributed by atoms with Crippen LogP contribution >= 0.6 is 0 Å². The van der Waals surface area contributed by atoms with Gasteiger partial charge < -0.3 is 4.79 Å². The Kier molecular flexibility index (Phi) is 3.96. The zero-order chi connectivity index (χ0) is 14.0. The molecule has 1 atom stereocenters. The molecular weight excluding hydrogens is 276 g/mol. The quantitative estimate of drug-likeness (QED) is 0.794. The molecule has 4 nitrogen and oxygen atoms in total. The number of sulfonamides is 1. The first-order valence-corrected chi connectivity index (χ1v) is 7.30. The molecule has 0 bridgehead atoms. The molecule has 1 aromatic rings. The number of halogens is 2. The summed E-state index contributed by atoms with van der Waals surface area (Å²) in [4.78, 5) is 9.79. The van der Waals surface area contributed by atoms with Crippen LogP contribution in [0.4, 0.5) is 8.78 Å². The second kappa shape index (κ2) is 5.34. The molecule has 1 aromatic carbocycles. The molecular formula is C12H13F2NO3S. The van der Waals surface area contributed by atoms with Crippen LogP contribution in [0.15, 0.2) is 23.1 Å². The Morgan fingerprint density at radius 3 is 2.47 bits per heavy atom. The van der Waals surface area contributed by atoms with Gasteiger partial charge in [-0.3, -0.25) is 0 Å². The number of nitrogens with zero attached hydrogens (tertiary/aromatic N) is 1. The summed E-state index contributed by atoms with van der Waals surface area (Å²) in [5.74, 6) is -2.65. The van der Waals surface area contributed by atoms with Crippen LogP contribution in [0.1, 0.15) is 12.8 Å². The first-order chi connectivity index (χ1) is 8.96. The Labute approximate surface area is 110 Å². The van der Waals surface area contributed by atoms with Crippen molar-refractivity contribution >= 4 is 16.3 Å². The highest BCUT2D eigenvalue weighted by molar-refractivity contribution is 7.89. The van der Waals surface area contributed by atoms with E-state index >= 15 is 0 Å². The maximum atomic E-state index is 13.6. The van der Waals surface area contributed by atoms with Gasteiger partial charge in [0.2, 0.25) is 10.0 Å². The summed E-state index contributed by atoms with van der Waals surface area (Å²) in [5, 5.41) is 0. The van der Waals surface area contributed by atoms with Crippen molar-refractivity contribution in [3.05, 3.63) is 29.8 Å². The third kappa shape index (κ3) is 2.66. The highest BCUT2D eigenvalue weighted by Gasteiger charge is 2.34. The van der Waals surface area contributed by atoms with Crippen molar-refractivity contribution in [3.8, 4) is 0 Å². The lowest BCUT2D eigenvalue weighted by molar-refractivity contribution is -0.112. The second-order valence-electron chi connectivity index (χ2n) is 4.45. The average molecular weight is 289 g/mol. The number of rotatable bonds is 3. The normalized spacial score (nSPS) is 21.3. The molecule has 1 unspecified atom stereocenters. The van der Waals surface area contributed by atoms with Crippen LogP contribution in [0.3, 0.4) is 0 Å². The van der Waals surface area contributed by atoms with E-state index in [0.717, 1.165) is 22.5 Å². The number of hydrogen-bond donors (Lipinski definition) is 0. The van der Waals surface area contributed by atoms with E-state index in [1.807, 2.05) is 0 Å². The summed E-state index contributed by atoms with van der Waals surface area (Å²) in [5.41, 5.74) is 0. The van der Waals surface area contributed by atoms with Gasteiger partial charge in [-0.25, -0.2) is 17.2 Å². The lowest BCUT2D eigenvalue weighted by atomic mass is 10.0. The number of carbonyl (C=O) groups is 1. The first-order valence-electron chi connectivity index (χ1n) is 5.86. The monoisotopic (exact) mass is 289 g/mol. The predicted molar refractivity (Wildman–Crippen MR) is 63.9 cm³/mol. The van der Waals surface area contributed by atoms with E-state index in [-0.39, 0.29) is 13.1 Å². The van der Waals surface area contributed by atoms with E-state index in [1.54, 1.807) is 0 Å². The summed E-state index contributed by atoms with van der Waals surface area (Å²) in [6, 6.07) is 2.91. The van der Waals surface area contributed by atoms with Crippen molar-refractivity contribution in [1.82, 2.24) is 4.31 Å². The summed E-state index contributed by atoms with van der Waals surface area (Å²) < 4.78 is 52.5. The lowest BCUT2D eigenvalue weighted by Gasteiger charge is -2.29.